The number of nitro benzene ring substituents is 1. The molecule has 8 nitrogen and oxygen atoms in total. The van der Waals surface area contributed by atoms with Crippen LogP contribution in [0.25, 0.3) is 0 Å². The molecule has 31 heavy (non-hydrogen) atoms. The highest BCUT2D eigenvalue weighted by atomic mass is 32.2. The van der Waals surface area contributed by atoms with Crippen molar-refractivity contribution in [2.24, 2.45) is 4.99 Å². The summed E-state index contributed by atoms with van der Waals surface area (Å²) >= 11 is 1.36. The Hall–Kier alpha value is -3.33. The van der Waals surface area contributed by atoms with Crippen LogP contribution < -0.4 is 14.8 Å². The average Bonchev–Trinajstić information content (AvgIpc) is 2.76. The minimum absolute atomic E-state index is 0.188. The van der Waals surface area contributed by atoms with Crippen LogP contribution in [0.3, 0.4) is 0 Å². The number of carbonyl (C=O) groups excluding carboxylic acids is 1. The van der Waals surface area contributed by atoms with Crippen molar-refractivity contribution in [3.63, 3.8) is 0 Å². The van der Waals surface area contributed by atoms with E-state index in [0.29, 0.717) is 22.2 Å². The monoisotopic (exact) mass is 441 g/mol. The number of aliphatic imine (C=N–C) groups is 1. The van der Waals surface area contributed by atoms with Crippen molar-refractivity contribution in [3.05, 3.63) is 75.0 Å². The van der Waals surface area contributed by atoms with E-state index in [2.05, 4.69) is 10.3 Å². The summed E-state index contributed by atoms with van der Waals surface area (Å²) in [7, 11) is 1.46. The van der Waals surface area contributed by atoms with Crippen LogP contribution in [0.1, 0.15) is 31.0 Å². The van der Waals surface area contributed by atoms with Gasteiger partial charge >= 0.3 is 0 Å². The number of methoxy groups -OCH3 is 1. The molecule has 162 valence electrons. The number of rotatable bonds is 7. The number of nitro groups is 1. The van der Waals surface area contributed by atoms with Gasteiger partial charge in [0.25, 0.3) is 5.69 Å². The van der Waals surface area contributed by atoms with Gasteiger partial charge in [-0.3, -0.25) is 14.9 Å². The molecule has 0 amide bonds. The minimum Gasteiger partial charge on any atom is -0.493 e. The van der Waals surface area contributed by atoms with E-state index in [1.54, 1.807) is 6.92 Å². The number of Topliss-reactive ketones (excluding diaryl/α,β-unsaturated/α-hetero) is 1. The first-order valence-electron chi connectivity index (χ1n) is 9.49. The third-order valence-corrected chi connectivity index (χ3v) is 5.43. The molecule has 1 heterocycles. The maximum absolute atomic E-state index is 12.4. The van der Waals surface area contributed by atoms with E-state index in [0.717, 1.165) is 5.56 Å². The molecule has 0 radical (unpaired) electrons. The number of amidine groups is 1. The van der Waals surface area contributed by atoms with Gasteiger partial charge in [-0.2, -0.15) is 0 Å². The Kier molecular flexibility index (Phi) is 6.96. The van der Waals surface area contributed by atoms with Crippen LogP contribution in [0.5, 0.6) is 11.5 Å². The predicted octanol–water partition coefficient (Wildman–Crippen LogP) is 4.41. The molecule has 1 aliphatic rings. The number of thioether (sulfide) groups is 1. The van der Waals surface area contributed by atoms with Crippen molar-refractivity contribution in [1.82, 2.24) is 5.32 Å². The van der Waals surface area contributed by atoms with Gasteiger partial charge in [-0.1, -0.05) is 42.1 Å². The van der Waals surface area contributed by atoms with Crippen LogP contribution >= 0.6 is 11.8 Å². The molecular weight excluding hydrogens is 418 g/mol. The highest BCUT2D eigenvalue weighted by molar-refractivity contribution is 8.13. The van der Waals surface area contributed by atoms with Gasteiger partial charge < -0.3 is 14.8 Å². The lowest BCUT2D eigenvalue weighted by molar-refractivity contribution is -0.385. The van der Waals surface area contributed by atoms with E-state index in [1.165, 1.54) is 37.9 Å². The molecule has 2 aromatic rings. The number of ether oxygens (including phenoxy) is 2. The molecule has 1 aliphatic heterocycles. The van der Waals surface area contributed by atoms with E-state index in [4.69, 9.17) is 9.47 Å². The van der Waals surface area contributed by atoms with E-state index >= 15 is 0 Å². The Balaban J connectivity index is 2.09. The number of ketones is 1. The van der Waals surface area contributed by atoms with Crippen LogP contribution in [0.2, 0.25) is 0 Å². The lowest BCUT2D eigenvalue weighted by Gasteiger charge is -2.25. The normalized spacial score (nSPS) is 15.7. The largest absolute Gasteiger partial charge is 0.493 e. The van der Waals surface area contributed by atoms with Crippen LogP contribution in [-0.4, -0.2) is 29.2 Å². The van der Waals surface area contributed by atoms with E-state index in [9.17, 15) is 14.9 Å². The van der Waals surface area contributed by atoms with E-state index in [1.807, 2.05) is 36.6 Å². The summed E-state index contributed by atoms with van der Waals surface area (Å²) in [4.78, 5) is 28.4. The number of hydrogen-bond acceptors (Lipinski definition) is 8. The molecule has 3 rings (SSSR count). The minimum atomic E-state index is -0.821. The van der Waals surface area contributed by atoms with Crippen molar-refractivity contribution >= 4 is 28.4 Å². The number of carbonyl (C=O) groups is 1. The van der Waals surface area contributed by atoms with Gasteiger partial charge in [-0.15, -0.1) is 0 Å². The fraction of sp³-hybridized carbons (Fsp3) is 0.273. The van der Waals surface area contributed by atoms with Gasteiger partial charge in [0.15, 0.2) is 22.4 Å². The summed E-state index contributed by atoms with van der Waals surface area (Å²) in [6.45, 7) is 3.41. The van der Waals surface area contributed by atoms with E-state index < -0.39 is 11.0 Å². The SMILES string of the molecule is COc1cc(C2N=C(SC)NC(C)=C2C(C)=O)c([N+](=O)[O-])cc1OCc1ccccc1. The third kappa shape index (κ3) is 4.88. The lowest BCUT2D eigenvalue weighted by atomic mass is 9.92. The van der Waals surface area contributed by atoms with Crippen molar-refractivity contribution in [3.8, 4) is 11.5 Å². The maximum Gasteiger partial charge on any atom is 0.279 e. The average molecular weight is 442 g/mol. The molecule has 0 bridgehead atoms. The summed E-state index contributed by atoms with van der Waals surface area (Å²) in [6.07, 6.45) is 1.84. The van der Waals surface area contributed by atoms with Crippen LogP contribution in [0.4, 0.5) is 5.69 Å². The summed E-state index contributed by atoms with van der Waals surface area (Å²) < 4.78 is 11.3. The van der Waals surface area contributed by atoms with Gasteiger partial charge in [0.1, 0.15) is 12.6 Å². The van der Waals surface area contributed by atoms with Crippen molar-refractivity contribution < 1.29 is 19.2 Å². The van der Waals surface area contributed by atoms with Gasteiger partial charge in [-0.05, 0) is 31.7 Å². The maximum atomic E-state index is 12.4. The number of benzene rings is 2. The quantitative estimate of drug-likeness (QED) is 0.501. The topological polar surface area (TPSA) is 103 Å². The van der Waals surface area contributed by atoms with Crippen LogP contribution in [0.15, 0.2) is 58.7 Å². The van der Waals surface area contributed by atoms with Gasteiger partial charge in [0.05, 0.1) is 23.7 Å². The molecule has 9 heteroatoms. The molecular formula is C22H23N3O5S. The number of allylic oxidation sites excluding steroid dienone is 1. The Labute approximate surface area is 184 Å². The van der Waals surface area contributed by atoms with E-state index in [-0.39, 0.29) is 29.4 Å². The zero-order chi connectivity index (χ0) is 22.5. The Bertz CT molecular complexity index is 1070. The first-order chi connectivity index (χ1) is 14.8. The molecule has 0 aromatic heterocycles. The first kappa shape index (κ1) is 22.4. The Morgan fingerprint density at radius 1 is 1.26 bits per heavy atom. The third-order valence-electron chi connectivity index (χ3n) is 4.83. The van der Waals surface area contributed by atoms with Crippen LogP contribution in [-0.2, 0) is 11.4 Å². The molecule has 1 atom stereocenters. The standard InChI is InChI=1S/C22H23N3O5S/c1-13-20(14(2)26)21(24-22(23-13)31-4)16-10-18(29-3)19(11-17(16)25(27)28)30-12-15-8-6-5-7-9-15/h5-11,21H,12H2,1-4H3,(H,23,24). The second-order valence-corrected chi connectivity index (χ2v) is 7.65. The molecule has 1 N–H and O–H groups in total. The summed E-state index contributed by atoms with van der Waals surface area (Å²) in [5.41, 5.74) is 2.00. The fourth-order valence-corrected chi connectivity index (χ4v) is 3.85. The molecule has 1 unspecified atom stereocenters. The van der Waals surface area contributed by atoms with Crippen molar-refractivity contribution in [2.45, 2.75) is 26.5 Å². The Morgan fingerprint density at radius 3 is 2.55 bits per heavy atom. The van der Waals surface area contributed by atoms with Gasteiger partial charge in [-0.25, -0.2) is 4.99 Å². The van der Waals surface area contributed by atoms with Crippen molar-refractivity contribution in [2.75, 3.05) is 13.4 Å². The number of hydrogen-bond donors (Lipinski definition) is 1. The zero-order valence-electron chi connectivity index (χ0n) is 17.7. The zero-order valence-corrected chi connectivity index (χ0v) is 18.5. The fourth-order valence-electron chi connectivity index (χ4n) is 3.38. The molecule has 0 saturated carbocycles. The van der Waals surface area contributed by atoms with Crippen molar-refractivity contribution in [1.29, 1.82) is 0 Å². The predicted molar refractivity (Wildman–Crippen MR) is 121 cm³/mol. The van der Waals surface area contributed by atoms with Gasteiger partial charge in [0.2, 0.25) is 0 Å². The number of nitrogens with zero attached hydrogens (tertiary/aromatic N) is 2. The van der Waals surface area contributed by atoms with Gasteiger partial charge in [0, 0.05) is 11.3 Å². The smallest absolute Gasteiger partial charge is 0.279 e. The molecule has 2 aromatic carbocycles. The summed E-state index contributed by atoms with van der Waals surface area (Å²) in [6, 6.07) is 11.5. The first-order valence-corrected chi connectivity index (χ1v) is 10.7. The highest BCUT2D eigenvalue weighted by Gasteiger charge is 2.33. The highest BCUT2D eigenvalue weighted by Crippen LogP contribution is 2.43. The second kappa shape index (κ2) is 9.65. The lowest BCUT2D eigenvalue weighted by Crippen LogP contribution is -2.29. The molecule has 0 aliphatic carbocycles. The Morgan fingerprint density at radius 2 is 1.97 bits per heavy atom. The summed E-state index contributed by atoms with van der Waals surface area (Å²) in [5.74, 6) is 0.364. The molecule has 0 spiro atoms. The second-order valence-electron chi connectivity index (χ2n) is 6.85. The molecule has 0 saturated heterocycles. The van der Waals surface area contributed by atoms with Crippen LogP contribution in [0, 0.1) is 10.1 Å². The number of nitrogens with one attached hydrogen (secondary N) is 1. The molecule has 0 fully saturated rings. The summed E-state index contributed by atoms with van der Waals surface area (Å²) in [5, 5.41) is 15.6.